The summed E-state index contributed by atoms with van der Waals surface area (Å²) in [5.74, 6) is 0.778. The molecule has 2 aromatic rings. The molecule has 1 aliphatic heterocycles. The number of likely N-dealkylation sites (tertiary alicyclic amines) is 1. The monoisotopic (exact) mass is 282 g/mol. The zero-order valence-electron chi connectivity index (χ0n) is 12.5. The molecule has 110 valence electrons. The molecule has 0 spiro atoms. The highest BCUT2D eigenvalue weighted by molar-refractivity contribution is 5.30. The standard InChI is InChI=1S/C18H22N2O/c1-20-13-6-5-11-17(20)16-10-7-12-19-18(16)21-14-15-8-3-2-4-9-15/h2-4,7-10,12,17H,5-6,11,13-14H2,1H3. The Hall–Kier alpha value is -1.87. The molecule has 1 unspecified atom stereocenters. The van der Waals surface area contributed by atoms with Crippen molar-refractivity contribution in [2.24, 2.45) is 0 Å². The largest absolute Gasteiger partial charge is 0.473 e. The highest BCUT2D eigenvalue weighted by Crippen LogP contribution is 2.34. The lowest BCUT2D eigenvalue weighted by molar-refractivity contribution is 0.179. The number of hydrogen-bond acceptors (Lipinski definition) is 3. The zero-order valence-corrected chi connectivity index (χ0v) is 12.5. The molecule has 21 heavy (non-hydrogen) atoms. The average Bonchev–Trinajstić information content (AvgIpc) is 2.55. The van der Waals surface area contributed by atoms with Crippen LogP contribution in [0, 0.1) is 0 Å². The predicted molar refractivity (Wildman–Crippen MR) is 84.2 cm³/mol. The Kier molecular flexibility index (Phi) is 4.51. The molecule has 0 saturated carbocycles. The van der Waals surface area contributed by atoms with Crippen molar-refractivity contribution in [3.8, 4) is 5.88 Å². The Labute approximate surface area is 126 Å². The molecule has 0 N–H and O–H groups in total. The van der Waals surface area contributed by atoms with Gasteiger partial charge in [-0.2, -0.15) is 0 Å². The molecule has 0 aliphatic carbocycles. The summed E-state index contributed by atoms with van der Waals surface area (Å²) in [6, 6.07) is 14.8. The van der Waals surface area contributed by atoms with Gasteiger partial charge in [0.2, 0.25) is 5.88 Å². The first-order valence-electron chi connectivity index (χ1n) is 7.66. The average molecular weight is 282 g/mol. The maximum absolute atomic E-state index is 5.99. The fraction of sp³-hybridized carbons (Fsp3) is 0.389. The first-order valence-corrected chi connectivity index (χ1v) is 7.66. The van der Waals surface area contributed by atoms with Crippen LogP contribution >= 0.6 is 0 Å². The molecule has 0 radical (unpaired) electrons. The van der Waals surface area contributed by atoms with Crippen LogP contribution in [0.25, 0.3) is 0 Å². The van der Waals surface area contributed by atoms with Gasteiger partial charge < -0.3 is 4.74 Å². The minimum atomic E-state index is 0.429. The van der Waals surface area contributed by atoms with E-state index in [0.29, 0.717) is 12.6 Å². The molecule has 3 heteroatoms. The summed E-state index contributed by atoms with van der Waals surface area (Å²) < 4.78 is 5.99. The molecule has 1 atom stereocenters. The molecule has 1 aromatic heterocycles. The number of aromatic nitrogens is 1. The topological polar surface area (TPSA) is 25.4 Å². The summed E-state index contributed by atoms with van der Waals surface area (Å²) >= 11 is 0. The van der Waals surface area contributed by atoms with Crippen molar-refractivity contribution in [1.29, 1.82) is 0 Å². The zero-order chi connectivity index (χ0) is 14.5. The number of nitrogens with zero attached hydrogens (tertiary/aromatic N) is 2. The second-order valence-electron chi connectivity index (χ2n) is 5.66. The van der Waals surface area contributed by atoms with E-state index in [9.17, 15) is 0 Å². The van der Waals surface area contributed by atoms with E-state index in [-0.39, 0.29) is 0 Å². The Morgan fingerprint density at radius 1 is 1.14 bits per heavy atom. The van der Waals surface area contributed by atoms with Crippen LogP contribution in [0.15, 0.2) is 48.7 Å². The summed E-state index contributed by atoms with van der Waals surface area (Å²) in [6.07, 6.45) is 5.56. The normalized spacial score (nSPS) is 19.4. The number of ether oxygens (including phenoxy) is 1. The third-order valence-corrected chi connectivity index (χ3v) is 4.15. The fourth-order valence-electron chi connectivity index (χ4n) is 2.97. The summed E-state index contributed by atoms with van der Waals surface area (Å²) in [7, 11) is 2.19. The van der Waals surface area contributed by atoms with E-state index in [1.165, 1.54) is 30.4 Å². The number of hydrogen-bond donors (Lipinski definition) is 0. The van der Waals surface area contributed by atoms with Crippen LogP contribution in [-0.2, 0) is 6.61 Å². The Morgan fingerprint density at radius 2 is 2.00 bits per heavy atom. The van der Waals surface area contributed by atoms with Crippen LogP contribution in [0.3, 0.4) is 0 Å². The number of rotatable bonds is 4. The van der Waals surface area contributed by atoms with Crippen molar-refractivity contribution in [2.45, 2.75) is 31.9 Å². The van der Waals surface area contributed by atoms with Gasteiger partial charge in [0.1, 0.15) is 6.61 Å². The van der Waals surface area contributed by atoms with Crippen LogP contribution in [0.2, 0.25) is 0 Å². The molecular weight excluding hydrogens is 260 g/mol. The molecular formula is C18H22N2O. The summed E-state index contributed by atoms with van der Waals surface area (Å²) in [5, 5.41) is 0. The smallest absolute Gasteiger partial charge is 0.218 e. The quantitative estimate of drug-likeness (QED) is 0.852. The first-order chi connectivity index (χ1) is 10.3. The van der Waals surface area contributed by atoms with Crippen molar-refractivity contribution in [3.63, 3.8) is 0 Å². The van der Waals surface area contributed by atoms with Crippen LogP contribution in [0.1, 0.15) is 36.4 Å². The van der Waals surface area contributed by atoms with Gasteiger partial charge in [-0.25, -0.2) is 4.98 Å². The maximum Gasteiger partial charge on any atom is 0.218 e. The van der Waals surface area contributed by atoms with E-state index >= 15 is 0 Å². The second-order valence-corrected chi connectivity index (χ2v) is 5.66. The van der Waals surface area contributed by atoms with Gasteiger partial charge in [-0.05, 0) is 38.1 Å². The van der Waals surface area contributed by atoms with E-state index in [1.54, 1.807) is 0 Å². The minimum absolute atomic E-state index is 0.429. The molecule has 0 bridgehead atoms. The SMILES string of the molecule is CN1CCCCC1c1cccnc1OCc1ccccc1. The van der Waals surface area contributed by atoms with Crippen molar-refractivity contribution in [1.82, 2.24) is 9.88 Å². The summed E-state index contributed by atoms with van der Waals surface area (Å²) in [6.45, 7) is 1.72. The van der Waals surface area contributed by atoms with E-state index in [4.69, 9.17) is 4.74 Å². The van der Waals surface area contributed by atoms with Gasteiger partial charge in [0.05, 0.1) is 0 Å². The van der Waals surface area contributed by atoms with Crippen molar-refractivity contribution in [2.75, 3.05) is 13.6 Å². The van der Waals surface area contributed by atoms with Gasteiger partial charge in [-0.3, -0.25) is 4.90 Å². The third-order valence-electron chi connectivity index (χ3n) is 4.15. The van der Waals surface area contributed by atoms with Crippen molar-refractivity contribution < 1.29 is 4.74 Å². The van der Waals surface area contributed by atoms with E-state index < -0.39 is 0 Å². The van der Waals surface area contributed by atoms with Gasteiger partial charge in [-0.15, -0.1) is 0 Å². The maximum atomic E-state index is 5.99. The van der Waals surface area contributed by atoms with Gasteiger partial charge >= 0.3 is 0 Å². The van der Waals surface area contributed by atoms with Crippen LogP contribution < -0.4 is 4.74 Å². The van der Waals surface area contributed by atoms with Gasteiger partial charge in [0.15, 0.2) is 0 Å². The van der Waals surface area contributed by atoms with Crippen LogP contribution in [0.4, 0.5) is 0 Å². The van der Waals surface area contributed by atoms with E-state index in [0.717, 1.165) is 12.4 Å². The lowest BCUT2D eigenvalue weighted by atomic mass is 9.96. The third kappa shape index (κ3) is 3.42. The summed E-state index contributed by atoms with van der Waals surface area (Å²) in [5.41, 5.74) is 2.39. The number of piperidine rings is 1. The van der Waals surface area contributed by atoms with E-state index in [2.05, 4.69) is 35.1 Å². The Balaban J connectivity index is 1.76. The highest BCUT2D eigenvalue weighted by Gasteiger charge is 2.24. The number of pyridine rings is 1. The van der Waals surface area contributed by atoms with Gasteiger partial charge in [0.25, 0.3) is 0 Å². The molecule has 2 heterocycles. The lowest BCUT2D eigenvalue weighted by Gasteiger charge is -2.33. The first kappa shape index (κ1) is 14.1. The molecule has 3 nitrogen and oxygen atoms in total. The highest BCUT2D eigenvalue weighted by atomic mass is 16.5. The van der Waals surface area contributed by atoms with Crippen LogP contribution in [-0.4, -0.2) is 23.5 Å². The van der Waals surface area contributed by atoms with Gasteiger partial charge in [0, 0.05) is 17.8 Å². The van der Waals surface area contributed by atoms with Crippen molar-refractivity contribution in [3.05, 3.63) is 59.8 Å². The predicted octanol–water partition coefficient (Wildman–Crippen LogP) is 3.82. The van der Waals surface area contributed by atoms with Gasteiger partial charge in [-0.1, -0.05) is 42.8 Å². The van der Waals surface area contributed by atoms with E-state index in [1.807, 2.05) is 30.5 Å². The molecule has 1 aromatic carbocycles. The number of benzene rings is 1. The molecule has 1 fully saturated rings. The lowest BCUT2D eigenvalue weighted by Crippen LogP contribution is -2.30. The summed E-state index contributed by atoms with van der Waals surface area (Å²) in [4.78, 5) is 6.87. The second kappa shape index (κ2) is 6.72. The molecule has 3 rings (SSSR count). The van der Waals surface area contributed by atoms with Crippen LogP contribution in [0.5, 0.6) is 5.88 Å². The Morgan fingerprint density at radius 3 is 2.81 bits per heavy atom. The Bertz CT molecular complexity index is 570. The molecule has 0 amide bonds. The molecule has 1 saturated heterocycles. The van der Waals surface area contributed by atoms with Crippen molar-refractivity contribution >= 4 is 0 Å². The minimum Gasteiger partial charge on any atom is -0.473 e. The molecule has 1 aliphatic rings. The fourth-order valence-corrected chi connectivity index (χ4v) is 2.97.